The summed E-state index contributed by atoms with van der Waals surface area (Å²) >= 11 is 1.06. The van der Waals surface area contributed by atoms with Crippen LogP contribution in [0.2, 0.25) is 0 Å². The Kier molecular flexibility index (Phi) is 3.79. The maximum absolute atomic E-state index is 14.0. The van der Waals surface area contributed by atoms with Crippen LogP contribution in [0, 0.1) is 11.3 Å². The molecule has 0 heterocycles. The van der Waals surface area contributed by atoms with Gasteiger partial charge in [0.2, 0.25) is 0 Å². The van der Waals surface area contributed by atoms with E-state index in [1.54, 1.807) is 48.5 Å². The van der Waals surface area contributed by atoms with Crippen LogP contribution >= 0.6 is 11.8 Å². The smallest absolute Gasteiger partial charge is 0.175 e. The molecule has 0 aromatic heterocycles. The number of thioether (sulfide) groups is 1. The Balaban J connectivity index is 2.19. The van der Waals surface area contributed by atoms with Crippen LogP contribution < -0.4 is 0 Å². The number of nitrogens with zero attached hydrogens (tertiary/aromatic N) is 1. The van der Waals surface area contributed by atoms with Gasteiger partial charge >= 0.3 is 0 Å². The summed E-state index contributed by atoms with van der Waals surface area (Å²) in [5.74, 6) is 0. The zero-order chi connectivity index (χ0) is 12.1. The van der Waals surface area contributed by atoms with E-state index in [1.165, 1.54) is 0 Å². The zero-order valence-corrected chi connectivity index (χ0v) is 9.82. The molecular weight excluding hydrogens is 233 g/mol. The van der Waals surface area contributed by atoms with Gasteiger partial charge in [-0.05, 0) is 17.7 Å². The lowest BCUT2D eigenvalue weighted by molar-refractivity contribution is 0.469. The topological polar surface area (TPSA) is 23.8 Å². The predicted molar refractivity (Wildman–Crippen MR) is 67.3 cm³/mol. The second-order valence-corrected chi connectivity index (χ2v) is 4.54. The summed E-state index contributed by atoms with van der Waals surface area (Å²) in [6.07, 6.45) is 0. The first-order valence-corrected chi connectivity index (χ1v) is 6.04. The van der Waals surface area contributed by atoms with E-state index in [4.69, 9.17) is 5.26 Å². The Hall–Kier alpha value is -1.79. The molecule has 1 unspecified atom stereocenters. The maximum atomic E-state index is 14.0. The predicted octanol–water partition coefficient (Wildman–Crippen LogP) is 4.32. The molecule has 0 spiro atoms. The lowest BCUT2D eigenvalue weighted by Crippen LogP contribution is -1.87. The minimum atomic E-state index is -1.15. The van der Waals surface area contributed by atoms with Gasteiger partial charge in [-0.1, -0.05) is 54.2 Å². The molecule has 1 nitrogen and oxygen atoms in total. The van der Waals surface area contributed by atoms with Gasteiger partial charge in [0.05, 0.1) is 5.56 Å². The largest absolute Gasteiger partial charge is 0.230 e. The van der Waals surface area contributed by atoms with Crippen LogP contribution in [-0.4, -0.2) is 0 Å². The summed E-state index contributed by atoms with van der Waals surface area (Å²) in [5.41, 5.74) is -0.0213. The highest BCUT2D eigenvalue weighted by molar-refractivity contribution is 7.99. The first-order chi connectivity index (χ1) is 8.31. The Morgan fingerprint density at radius 1 is 1.00 bits per heavy atom. The van der Waals surface area contributed by atoms with Crippen molar-refractivity contribution in [3.63, 3.8) is 0 Å². The van der Waals surface area contributed by atoms with Crippen molar-refractivity contribution in [1.82, 2.24) is 0 Å². The molecule has 0 radical (unpaired) electrons. The molecule has 0 amide bonds. The Morgan fingerprint density at radius 3 is 2.35 bits per heavy atom. The average molecular weight is 243 g/mol. The van der Waals surface area contributed by atoms with Crippen molar-refractivity contribution >= 4 is 11.8 Å². The number of hydrogen-bond acceptors (Lipinski definition) is 2. The Morgan fingerprint density at radius 2 is 1.65 bits per heavy atom. The molecule has 0 aliphatic carbocycles. The highest BCUT2D eigenvalue weighted by Crippen LogP contribution is 2.37. The van der Waals surface area contributed by atoms with Gasteiger partial charge in [-0.2, -0.15) is 5.26 Å². The number of rotatable bonds is 3. The third kappa shape index (κ3) is 2.86. The van der Waals surface area contributed by atoms with Gasteiger partial charge in [0, 0.05) is 4.90 Å². The van der Waals surface area contributed by atoms with Gasteiger partial charge in [-0.15, -0.1) is 0 Å². The van der Waals surface area contributed by atoms with Gasteiger partial charge in [0.1, 0.15) is 6.07 Å². The van der Waals surface area contributed by atoms with Crippen LogP contribution in [0.4, 0.5) is 4.39 Å². The van der Waals surface area contributed by atoms with Gasteiger partial charge in [-0.3, -0.25) is 0 Å². The average Bonchev–Trinajstić information content (AvgIpc) is 2.40. The van der Waals surface area contributed by atoms with Crippen LogP contribution in [0.25, 0.3) is 0 Å². The van der Waals surface area contributed by atoms with Crippen molar-refractivity contribution in [2.45, 2.75) is 10.4 Å². The summed E-state index contributed by atoms with van der Waals surface area (Å²) in [6.45, 7) is 0. The number of hydrogen-bond donors (Lipinski definition) is 0. The molecule has 0 aliphatic heterocycles. The van der Waals surface area contributed by atoms with Crippen LogP contribution in [0.1, 0.15) is 16.6 Å². The standard InChI is InChI=1S/C14H10FNS/c15-14(11-6-2-1-3-7-11)17-13-9-5-4-8-12(13)10-16/h1-9,14H. The van der Waals surface area contributed by atoms with Crippen molar-refractivity contribution < 1.29 is 4.39 Å². The van der Waals surface area contributed by atoms with E-state index >= 15 is 0 Å². The first-order valence-electron chi connectivity index (χ1n) is 5.16. The van der Waals surface area contributed by atoms with Crippen molar-refractivity contribution in [2.24, 2.45) is 0 Å². The van der Waals surface area contributed by atoms with Crippen molar-refractivity contribution in [3.05, 3.63) is 65.7 Å². The zero-order valence-electron chi connectivity index (χ0n) is 9.01. The second kappa shape index (κ2) is 5.51. The van der Waals surface area contributed by atoms with E-state index in [-0.39, 0.29) is 0 Å². The monoisotopic (exact) mass is 243 g/mol. The molecule has 84 valence electrons. The summed E-state index contributed by atoms with van der Waals surface area (Å²) in [7, 11) is 0. The molecule has 2 rings (SSSR count). The summed E-state index contributed by atoms with van der Waals surface area (Å²) in [4.78, 5) is 0.673. The minimum absolute atomic E-state index is 0.510. The molecule has 2 aromatic carbocycles. The Labute approximate surface area is 104 Å². The molecule has 3 heteroatoms. The SMILES string of the molecule is N#Cc1ccccc1SC(F)c1ccccc1. The number of halogens is 1. The van der Waals surface area contributed by atoms with Gasteiger partial charge < -0.3 is 0 Å². The lowest BCUT2D eigenvalue weighted by Gasteiger charge is -2.08. The van der Waals surface area contributed by atoms with Gasteiger partial charge in [0.25, 0.3) is 0 Å². The number of nitriles is 1. The molecule has 17 heavy (non-hydrogen) atoms. The maximum Gasteiger partial charge on any atom is 0.175 e. The van der Waals surface area contributed by atoms with E-state index in [0.717, 1.165) is 11.8 Å². The van der Waals surface area contributed by atoms with E-state index in [0.29, 0.717) is 16.0 Å². The molecule has 0 bridgehead atoms. The van der Waals surface area contributed by atoms with Gasteiger partial charge in [-0.25, -0.2) is 4.39 Å². The molecule has 1 atom stereocenters. The normalized spacial score (nSPS) is 11.8. The molecule has 0 fully saturated rings. The quantitative estimate of drug-likeness (QED) is 0.750. The fraction of sp³-hybridized carbons (Fsp3) is 0.0714. The lowest BCUT2D eigenvalue weighted by atomic mass is 10.2. The third-order valence-corrected chi connectivity index (χ3v) is 3.39. The fourth-order valence-electron chi connectivity index (χ4n) is 1.45. The first kappa shape index (κ1) is 11.7. The molecule has 0 N–H and O–H groups in total. The van der Waals surface area contributed by atoms with Crippen LogP contribution in [-0.2, 0) is 0 Å². The molecule has 0 aliphatic rings. The fourth-order valence-corrected chi connectivity index (χ4v) is 2.36. The van der Waals surface area contributed by atoms with Crippen molar-refractivity contribution in [1.29, 1.82) is 5.26 Å². The summed E-state index contributed by atoms with van der Waals surface area (Å²) in [5, 5.41) is 8.92. The highest BCUT2D eigenvalue weighted by Gasteiger charge is 2.13. The summed E-state index contributed by atoms with van der Waals surface area (Å²) in [6, 6.07) is 18.0. The molecule has 2 aromatic rings. The Bertz CT molecular complexity index is 533. The molecule has 0 saturated heterocycles. The van der Waals surface area contributed by atoms with E-state index in [1.807, 2.05) is 6.07 Å². The number of benzene rings is 2. The highest BCUT2D eigenvalue weighted by atomic mass is 32.2. The van der Waals surface area contributed by atoms with Crippen LogP contribution in [0.3, 0.4) is 0 Å². The van der Waals surface area contributed by atoms with E-state index in [2.05, 4.69) is 6.07 Å². The number of alkyl halides is 1. The minimum Gasteiger partial charge on any atom is -0.230 e. The molecule has 0 saturated carbocycles. The van der Waals surface area contributed by atoms with Crippen molar-refractivity contribution in [2.75, 3.05) is 0 Å². The van der Waals surface area contributed by atoms with E-state index in [9.17, 15) is 4.39 Å². The van der Waals surface area contributed by atoms with Crippen molar-refractivity contribution in [3.8, 4) is 6.07 Å². The van der Waals surface area contributed by atoms with Crippen LogP contribution in [0.5, 0.6) is 0 Å². The molecular formula is C14H10FNS. The van der Waals surface area contributed by atoms with E-state index < -0.39 is 5.50 Å². The van der Waals surface area contributed by atoms with Crippen LogP contribution in [0.15, 0.2) is 59.5 Å². The summed E-state index contributed by atoms with van der Waals surface area (Å²) < 4.78 is 14.0. The third-order valence-electron chi connectivity index (χ3n) is 2.30. The second-order valence-electron chi connectivity index (χ2n) is 3.45. The van der Waals surface area contributed by atoms with Gasteiger partial charge in [0.15, 0.2) is 5.50 Å².